The number of oxazole rings is 1. The van der Waals surface area contributed by atoms with Crippen LogP contribution in [0.2, 0.25) is 0 Å². The third-order valence-corrected chi connectivity index (χ3v) is 5.11. The Labute approximate surface area is 160 Å². The molecule has 0 spiro atoms. The first-order chi connectivity index (χ1) is 13.1. The normalized spacial score (nSPS) is 15.8. The molecule has 0 unspecified atom stereocenters. The first kappa shape index (κ1) is 19.5. The van der Waals surface area contributed by atoms with Gasteiger partial charge in [0.15, 0.2) is 11.7 Å². The largest absolute Gasteiger partial charge is 0.441 e. The number of aryl methyl sites for hydroxylation is 1. The van der Waals surface area contributed by atoms with E-state index in [0.717, 1.165) is 18.9 Å². The van der Waals surface area contributed by atoms with E-state index in [4.69, 9.17) is 4.42 Å². The Morgan fingerprint density at radius 1 is 1.33 bits per heavy atom. The number of carbonyl (C=O) groups excluding carboxylic acids is 1. The second kappa shape index (κ2) is 9.65. The summed E-state index contributed by atoms with van der Waals surface area (Å²) in [4.78, 5) is 18.6. The number of aromatic nitrogens is 1. The molecule has 2 heterocycles. The first-order valence-electron chi connectivity index (χ1n) is 9.80. The summed E-state index contributed by atoms with van der Waals surface area (Å²) in [5.41, 5.74) is 0.382. The van der Waals surface area contributed by atoms with Crippen LogP contribution in [0, 0.1) is 11.7 Å². The molecule has 1 fully saturated rings. The molecule has 0 aliphatic carbocycles. The van der Waals surface area contributed by atoms with Gasteiger partial charge < -0.3 is 14.6 Å². The maximum absolute atomic E-state index is 13.8. The third-order valence-electron chi connectivity index (χ3n) is 5.11. The maximum Gasteiger partial charge on any atom is 0.220 e. The summed E-state index contributed by atoms with van der Waals surface area (Å²) in [6, 6.07) is 6.41. The van der Waals surface area contributed by atoms with E-state index in [0.29, 0.717) is 36.6 Å². The molecule has 0 bridgehead atoms. The molecule has 1 aromatic heterocycles. The van der Waals surface area contributed by atoms with Crippen LogP contribution in [0.15, 0.2) is 34.9 Å². The maximum atomic E-state index is 13.8. The van der Waals surface area contributed by atoms with E-state index in [1.165, 1.54) is 38.2 Å². The second-order valence-corrected chi connectivity index (χ2v) is 7.33. The highest BCUT2D eigenvalue weighted by Gasteiger charge is 2.15. The van der Waals surface area contributed by atoms with Crippen molar-refractivity contribution in [1.29, 1.82) is 0 Å². The van der Waals surface area contributed by atoms with Crippen LogP contribution in [0.25, 0.3) is 11.3 Å². The fraction of sp³-hybridized carbons (Fsp3) is 0.524. The average Bonchev–Trinajstić information content (AvgIpc) is 3.14. The van der Waals surface area contributed by atoms with E-state index in [-0.39, 0.29) is 11.7 Å². The van der Waals surface area contributed by atoms with Crippen molar-refractivity contribution < 1.29 is 13.6 Å². The van der Waals surface area contributed by atoms with Gasteiger partial charge in [0.25, 0.3) is 0 Å². The Kier molecular flexibility index (Phi) is 6.98. The molecule has 1 aliphatic rings. The van der Waals surface area contributed by atoms with Gasteiger partial charge in [0.2, 0.25) is 5.91 Å². The van der Waals surface area contributed by atoms with Crippen molar-refractivity contribution in [2.75, 3.05) is 26.2 Å². The molecule has 1 saturated heterocycles. The number of nitrogens with zero attached hydrogens (tertiary/aromatic N) is 2. The van der Waals surface area contributed by atoms with E-state index in [2.05, 4.69) is 22.1 Å². The number of rotatable bonds is 8. The zero-order valence-corrected chi connectivity index (χ0v) is 15.9. The monoisotopic (exact) mass is 373 g/mol. The minimum Gasteiger partial charge on any atom is -0.441 e. The van der Waals surface area contributed by atoms with Gasteiger partial charge in [-0.25, -0.2) is 9.37 Å². The molecule has 27 heavy (non-hydrogen) atoms. The molecule has 1 aromatic carbocycles. The number of nitrogens with one attached hydrogen (secondary N) is 1. The Morgan fingerprint density at radius 3 is 2.89 bits per heavy atom. The first-order valence-corrected chi connectivity index (χ1v) is 9.80. The highest BCUT2D eigenvalue weighted by molar-refractivity contribution is 5.76. The number of benzene rings is 1. The summed E-state index contributed by atoms with van der Waals surface area (Å²) in [6.07, 6.45) is 5.75. The highest BCUT2D eigenvalue weighted by atomic mass is 19.1. The smallest absolute Gasteiger partial charge is 0.220 e. The van der Waals surface area contributed by atoms with Gasteiger partial charge in [0, 0.05) is 19.4 Å². The van der Waals surface area contributed by atoms with Gasteiger partial charge in [-0.2, -0.15) is 0 Å². The summed E-state index contributed by atoms with van der Waals surface area (Å²) in [7, 11) is 0. The Morgan fingerprint density at radius 2 is 2.11 bits per heavy atom. The van der Waals surface area contributed by atoms with Crippen molar-refractivity contribution in [1.82, 2.24) is 15.2 Å². The zero-order valence-electron chi connectivity index (χ0n) is 15.9. The lowest BCUT2D eigenvalue weighted by molar-refractivity contribution is -0.121. The van der Waals surface area contributed by atoms with Crippen molar-refractivity contribution in [3.05, 3.63) is 42.2 Å². The van der Waals surface area contributed by atoms with Gasteiger partial charge in [0.1, 0.15) is 5.82 Å². The van der Waals surface area contributed by atoms with E-state index in [1.54, 1.807) is 18.2 Å². The fourth-order valence-corrected chi connectivity index (χ4v) is 3.34. The number of amides is 1. The topological polar surface area (TPSA) is 58.4 Å². The molecule has 2 aromatic rings. The molecule has 1 N–H and O–H groups in total. The SMILES string of the molecule is CC1CCN(CCCNC(=O)CCc2ncc(-c3ccccc3F)o2)CC1. The molecule has 5 nitrogen and oxygen atoms in total. The van der Waals surface area contributed by atoms with E-state index in [1.807, 2.05) is 0 Å². The predicted molar refractivity (Wildman–Crippen MR) is 103 cm³/mol. The summed E-state index contributed by atoms with van der Waals surface area (Å²) in [5, 5.41) is 2.95. The van der Waals surface area contributed by atoms with Gasteiger partial charge in [-0.05, 0) is 56.9 Å². The van der Waals surface area contributed by atoms with Crippen molar-refractivity contribution in [3.8, 4) is 11.3 Å². The van der Waals surface area contributed by atoms with Crippen molar-refractivity contribution >= 4 is 5.91 Å². The number of piperidine rings is 1. The molecule has 3 rings (SSSR count). The zero-order chi connectivity index (χ0) is 19.1. The number of hydrogen-bond donors (Lipinski definition) is 1. The standard InChI is InChI=1S/C21H28FN3O2/c1-16-9-13-25(14-10-16)12-4-11-23-20(26)7-8-21-24-15-19(27-21)17-5-2-3-6-18(17)22/h2-3,5-6,15-16H,4,7-14H2,1H3,(H,23,26). The van der Waals surface area contributed by atoms with Crippen LogP contribution in [0.4, 0.5) is 4.39 Å². The van der Waals surface area contributed by atoms with E-state index in [9.17, 15) is 9.18 Å². The van der Waals surface area contributed by atoms with Gasteiger partial charge in [-0.15, -0.1) is 0 Å². The second-order valence-electron chi connectivity index (χ2n) is 7.33. The van der Waals surface area contributed by atoms with Crippen LogP contribution < -0.4 is 5.32 Å². The minimum absolute atomic E-state index is 0.00657. The van der Waals surface area contributed by atoms with E-state index >= 15 is 0 Å². The summed E-state index contributed by atoms with van der Waals surface area (Å²) < 4.78 is 19.3. The average molecular weight is 373 g/mol. The summed E-state index contributed by atoms with van der Waals surface area (Å²) >= 11 is 0. The number of likely N-dealkylation sites (tertiary alicyclic amines) is 1. The van der Waals surface area contributed by atoms with Gasteiger partial charge >= 0.3 is 0 Å². The van der Waals surface area contributed by atoms with Crippen LogP contribution in [0.1, 0.15) is 38.5 Å². The van der Waals surface area contributed by atoms with Crippen LogP contribution in [0.5, 0.6) is 0 Å². The van der Waals surface area contributed by atoms with Gasteiger partial charge in [0.05, 0.1) is 11.8 Å². The lowest BCUT2D eigenvalue weighted by Crippen LogP contribution is -2.35. The summed E-state index contributed by atoms with van der Waals surface area (Å²) in [5.74, 6) is 1.33. The minimum atomic E-state index is -0.346. The summed E-state index contributed by atoms with van der Waals surface area (Å²) in [6.45, 7) is 6.38. The van der Waals surface area contributed by atoms with Gasteiger partial charge in [-0.3, -0.25) is 4.79 Å². The predicted octanol–water partition coefficient (Wildman–Crippen LogP) is 3.65. The molecule has 6 heteroatoms. The molecule has 0 saturated carbocycles. The van der Waals surface area contributed by atoms with Crippen LogP contribution >= 0.6 is 0 Å². The number of halogens is 1. The van der Waals surface area contributed by atoms with Crippen LogP contribution in [0.3, 0.4) is 0 Å². The Bertz CT molecular complexity index is 739. The molecule has 1 amide bonds. The van der Waals surface area contributed by atoms with Crippen LogP contribution in [-0.4, -0.2) is 42.0 Å². The molecule has 0 atom stereocenters. The fourth-order valence-electron chi connectivity index (χ4n) is 3.34. The molecular weight excluding hydrogens is 345 g/mol. The van der Waals surface area contributed by atoms with Crippen LogP contribution in [-0.2, 0) is 11.2 Å². The lowest BCUT2D eigenvalue weighted by atomic mass is 9.99. The van der Waals surface area contributed by atoms with Crippen molar-refractivity contribution in [2.45, 2.75) is 39.0 Å². The van der Waals surface area contributed by atoms with E-state index < -0.39 is 0 Å². The molecule has 1 aliphatic heterocycles. The quantitative estimate of drug-likeness (QED) is 0.718. The lowest BCUT2D eigenvalue weighted by Gasteiger charge is -2.30. The molecular formula is C21H28FN3O2. The molecule has 0 radical (unpaired) electrons. The van der Waals surface area contributed by atoms with Gasteiger partial charge in [-0.1, -0.05) is 19.1 Å². The number of hydrogen-bond acceptors (Lipinski definition) is 4. The highest BCUT2D eigenvalue weighted by Crippen LogP contribution is 2.23. The third kappa shape index (κ3) is 5.89. The molecule has 146 valence electrons. The Balaban J connectivity index is 1.34. The van der Waals surface area contributed by atoms with Crippen molar-refractivity contribution in [2.24, 2.45) is 5.92 Å². The number of carbonyl (C=O) groups is 1. The van der Waals surface area contributed by atoms with Crippen molar-refractivity contribution in [3.63, 3.8) is 0 Å². The Hall–Kier alpha value is -2.21.